The molecule has 2 aromatic carbocycles. The van der Waals surface area contributed by atoms with Gasteiger partial charge in [0.25, 0.3) is 0 Å². The quantitative estimate of drug-likeness (QED) is 0.333. The maximum absolute atomic E-state index is 13.6. The number of likely N-dealkylation sites (tertiary alicyclic amines) is 1. The number of amides is 1. The second-order valence-corrected chi connectivity index (χ2v) is 9.75. The highest BCUT2D eigenvalue weighted by Crippen LogP contribution is 2.50. The Morgan fingerprint density at radius 2 is 1.97 bits per heavy atom. The molecule has 2 aliphatic heterocycles. The zero-order valence-electron chi connectivity index (χ0n) is 16.9. The van der Waals surface area contributed by atoms with Gasteiger partial charge in [-0.25, -0.2) is 4.79 Å². The Labute approximate surface area is 196 Å². The summed E-state index contributed by atoms with van der Waals surface area (Å²) in [5.74, 6) is 0. The topological polar surface area (TPSA) is 76.6 Å². The number of hydrogen-bond donors (Lipinski definition) is 4. The molecule has 6 nitrogen and oxygen atoms in total. The third kappa shape index (κ3) is 5.44. The summed E-state index contributed by atoms with van der Waals surface area (Å²) in [6.45, 7) is 2.46. The molecule has 1 amide bonds. The molecular weight excluding hydrogens is 509 g/mol. The Morgan fingerprint density at radius 3 is 2.66 bits per heavy atom. The predicted octanol–water partition coefficient (Wildman–Crippen LogP) is 5.82. The van der Waals surface area contributed by atoms with Crippen LogP contribution in [-0.4, -0.2) is 48.3 Å². The third-order valence-electron chi connectivity index (χ3n) is 5.50. The van der Waals surface area contributed by atoms with Crippen molar-refractivity contribution in [2.45, 2.75) is 34.9 Å². The van der Waals surface area contributed by atoms with Crippen LogP contribution in [0.25, 0.3) is 0 Å². The van der Waals surface area contributed by atoms with Crippen LogP contribution < -0.4 is 16.0 Å². The molecule has 0 aromatic heterocycles. The summed E-state index contributed by atoms with van der Waals surface area (Å²) in [6, 6.07) is 8.09. The Balaban J connectivity index is 1.50. The van der Waals surface area contributed by atoms with E-state index in [-0.39, 0.29) is 6.04 Å². The number of carboxylic acid groups (broad SMARTS) is 1. The fourth-order valence-corrected chi connectivity index (χ4v) is 5.49. The molecule has 11 heteroatoms. The minimum atomic E-state index is -4.44. The number of rotatable bonds is 5. The lowest BCUT2D eigenvalue weighted by Gasteiger charge is -2.34. The molecule has 4 rings (SSSR count). The summed E-state index contributed by atoms with van der Waals surface area (Å²) in [7, 11) is 0. The molecule has 0 unspecified atom stereocenters. The molecular formula is C21H22BrF3N4O2S. The fraction of sp³-hybridized carbons (Fsp3) is 0.381. The number of halogens is 4. The number of hydrogen-bond acceptors (Lipinski definition) is 5. The van der Waals surface area contributed by atoms with E-state index in [9.17, 15) is 18.0 Å². The molecule has 1 saturated heterocycles. The van der Waals surface area contributed by atoms with Gasteiger partial charge in [-0.3, -0.25) is 0 Å². The summed E-state index contributed by atoms with van der Waals surface area (Å²) in [6.07, 6.45) is -3.97. The van der Waals surface area contributed by atoms with Crippen molar-refractivity contribution in [1.29, 1.82) is 0 Å². The van der Waals surface area contributed by atoms with Crippen LogP contribution >= 0.6 is 27.7 Å². The average Bonchev–Trinajstić information content (AvgIpc) is 2.72. The number of benzene rings is 2. The van der Waals surface area contributed by atoms with Crippen molar-refractivity contribution < 1.29 is 23.1 Å². The number of fused-ring (bicyclic) bond motifs is 2. The molecule has 4 N–H and O–H groups in total. The molecule has 0 aliphatic carbocycles. The van der Waals surface area contributed by atoms with Crippen molar-refractivity contribution in [3.8, 4) is 0 Å². The lowest BCUT2D eigenvalue weighted by atomic mass is 10.0. The summed E-state index contributed by atoms with van der Waals surface area (Å²) in [5, 5.41) is 17.7. The molecule has 0 saturated carbocycles. The summed E-state index contributed by atoms with van der Waals surface area (Å²) in [4.78, 5) is 14.1. The number of nitrogens with zero attached hydrogens (tertiary/aromatic N) is 1. The van der Waals surface area contributed by atoms with E-state index < -0.39 is 17.8 Å². The summed E-state index contributed by atoms with van der Waals surface area (Å²) >= 11 is 4.73. The molecule has 2 aromatic rings. The van der Waals surface area contributed by atoms with Gasteiger partial charge in [0.1, 0.15) is 0 Å². The molecule has 32 heavy (non-hydrogen) atoms. The first-order valence-electron chi connectivity index (χ1n) is 10.1. The molecule has 0 radical (unpaired) electrons. The van der Waals surface area contributed by atoms with E-state index in [0.29, 0.717) is 29.4 Å². The summed E-state index contributed by atoms with van der Waals surface area (Å²) < 4.78 is 41.6. The molecule has 2 heterocycles. The maximum atomic E-state index is 13.6. The van der Waals surface area contributed by atoms with Crippen LogP contribution in [-0.2, 0) is 6.18 Å². The number of alkyl halides is 3. The van der Waals surface area contributed by atoms with Crippen LogP contribution in [0.5, 0.6) is 0 Å². The highest BCUT2D eigenvalue weighted by Gasteiger charge is 2.34. The standard InChI is InChI=1S/C21H22BrF3N4O2S/c22-13-1-2-15-17(11-13)32-18-10-12(21(23,24)25)9-16(19(18)28-15)27-14-3-6-29(7-4-14)8-5-26-20(30)31/h1-2,9-11,14,26-28H,3-8H2,(H,30,31). The molecule has 0 bridgehead atoms. The van der Waals surface area contributed by atoms with E-state index in [1.807, 2.05) is 18.2 Å². The van der Waals surface area contributed by atoms with Gasteiger partial charge in [0, 0.05) is 46.5 Å². The lowest BCUT2D eigenvalue weighted by molar-refractivity contribution is -0.137. The lowest BCUT2D eigenvalue weighted by Crippen LogP contribution is -2.42. The number of carbonyl (C=O) groups is 1. The molecule has 2 aliphatic rings. The van der Waals surface area contributed by atoms with Gasteiger partial charge in [-0.15, -0.1) is 0 Å². The molecule has 0 spiro atoms. The molecule has 0 atom stereocenters. The Hall–Kier alpha value is -2.11. The van der Waals surface area contributed by atoms with Gasteiger partial charge in [0.2, 0.25) is 0 Å². The molecule has 1 fully saturated rings. The maximum Gasteiger partial charge on any atom is 0.416 e. The van der Waals surface area contributed by atoms with Crippen LogP contribution in [0.1, 0.15) is 18.4 Å². The fourth-order valence-electron chi connectivity index (χ4n) is 3.88. The van der Waals surface area contributed by atoms with Gasteiger partial charge in [-0.1, -0.05) is 27.7 Å². The SMILES string of the molecule is O=C(O)NCCN1CCC(Nc2cc(C(F)(F)F)cc3c2Nc2ccc(Br)cc2S3)CC1. The van der Waals surface area contributed by atoms with Crippen molar-refractivity contribution >= 4 is 50.8 Å². The van der Waals surface area contributed by atoms with Gasteiger partial charge in [0.05, 0.1) is 22.6 Å². The highest BCUT2D eigenvalue weighted by molar-refractivity contribution is 9.10. The Bertz CT molecular complexity index is 1010. The van der Waals surface area contributed by atoms with E-state index in [1.165, 1.54) is 23.9 Å². The predicted molar refractivity (Wildman–Crippen MR) is 122 cm³/mol. The van der Waals surface area contributed by atoms with Gasteiger partial charge in [-0.2, -0.15) is 13.2 Å². The van der Waals surface area contributed by atoms with Crippen molar-refractivity contribution in [3.63, 3.8) is 0 Å². The number of piperidine rings is 1. The monoisotopic (exact) mass is 530 g/mol. The van der Waals surface area contributed by atoms with E-state index in [2.05, 4.69) is 36.8 Å². The average molecular weight is 531 g/mol. The van der Waals surface area contributed by atoms with Gasteiger partial charge in [-0.05, 0) is 43.2 Å². The van der Waals surface area contributed by atoms with Crippen LogP contribution in [0.2, 0.25) is 0 Å². The Kier molecular flexibility index (Phi) is 6.78. The first kappa shape index (κ1) is 23.1. The zero-order chi connectivity index (χ0) is 22.9. The normalized spacial score (nSPS) is 16.6. The Morgan fingerprint density at radius 1 is 1.22 bits per heavy atom. The van der Waals surface area contributed by atoms with Crippen LogP contribution in [0, 0.1) is 0 Å². The van der Waals surface area contributed by atoms with E-state index >= 15 is 0 Å². The summed E-state index contributed by atoms with van der Waals surface area (Å²) in [5.41, 5.74) is 1.28. The van der Waals surface area contributed by atoms with Crippen LogP contribution in [0.15, 0.2) is 44.6 Å². The van der Waals surface area contributed by atoms with E-state index in [0.717, 1.165) is 41.0 Å². The smallest absolute Gasteiger partial charge is 0.416 e. The van der Waals surface area contributed by atoms with Crippen molar-refractivity contribution in [3.05, 3.63) is 40.4 Å². The van der Waals surface area contributed by atoms with Crippen molar-refractivity contribution in [2.24, 2.45) is 0 Å². The van der Waals surface area contributed by atoms with Crippen LogP contribution in [0.3, 0.4) is 0 Å². The van der Waals surface area contributed by atoms with Gasteiger partial charge in [0.15, 0.2) is 0 Å². The zero-order valence-corrected chi connectivity index (χ0v) is 19.3. The molecule has 172 valence electrons. The third-order valence-corrected chi connectivity index (χ3v) is 7.10. The van der Waals surface area contributed by atoms with E-state index in [1.54, 1.807) is 0 Å². The van der Waals surface area contributed by atoms with Crippen molar-refractivity contribution in [1.82, 2.24) is 10.2 Å². The number of nitrogens with one attached hydrogen (secondary N) is 3. The minimum absolute atomic E-state index is 0.0318. The van der Waals surface area contributed by atoms with Gasteiger partial charge < -0.3 is 26.0 Å². The van der Waals surface area contributed by atoms with Crippen LogP contribution in [0.4, 0.5) is 35.0 Å². The highest BCUT2D eigenvalue weighted by atomic mass is 79.9. The number of anilines is 3. The van der Waals surface area contributed by atoms with E-state index in [4.69, 9.17) is 5.11 Å². The second-order valence-electron chi connectivity index (χ2n) is 7.75. The first-order valence-corrected chi connectivity index (χ1v) is 11.8. The minimum Gasteiger partial charge on any atom is -0.465 e. The van der Waals surface area contributed by atoms with Crippen molar-refractivity contribution in [2.75, 3.05) is 36.8 Å². The second kappa shape index (κ2) is 9.40. The largest absolute Gasteiger partial charge is 0.465 e. The van der Waals surface area contributed by atoms with Gasteiger partial charge >= 0.3 is 12.3 Å². The first-order chi connectivity index (χ1) is 15.2.